The molecule has 2 aliphatic heterocycles. The van der Waals surface area contributed by atoms with Gasteiger partial charge in [0.2, 0.25) is 12.6 Å². The molecule has 0 bridgehead atoms. The molecule has 0 amide bonds. The van der Waals surface area contributed by atoms with Gasteiger partial charge in [-0.2, -0.15) is 0 Å². The summed E-state index contributed by atoms with van der Waals surface area (Å²) in [4.78, 5) is 72.1. The van der Waals surface area contributed by atoms with Crippen molar-refractivity contribution in [2.24, 2.45) is 17.8 Å². The highest BCUT2D eigenvalue weighted by Gasteiger charge is 2.57. The normalized spacial score (nSPS) is 33.5. The van der Waals surface area contributed by atoms with Gasteiger partial charge in [-0.25, -0.2) is 4.79 Å². The van der Waals surface area contributed by atoms with Crippen LogP contribution in [-0.4, -0.2) is 92.6 Å². The second-order valence-electron chi connectivity index (χ2n) is 10.2. The first-order valence-corrected chi connectivity index (χ1v) is 13.3. The molecule has 1 saturated heterocycles. The molecule has 0 unspecified atom stereocenters. The van der Waals surface area contributed by atoms with Crippen molar-refractivity contribution in [3.8, 4) is 0 Å². The zero-order chi connectivity index (χ0) is 31.3. The van der Waals surface area contributed by atoms with E-state index in [1.165, 1.54) is 20.3 Å². The second kappa shape index (κ2) is 14.0. The Morgan fingerprint density at radius 1 is 0.786 bits per heavy atom. The molecular weight excluding hydrogens is 564 g/mol. The molecule has 0 aromatic rings. The Morgan fingerprint density at radius 2 is 1.36 bits per heavy atom. The molecule has 2 heterocycles. The number of rotatable bonds is 9. The molecule has 0 radical (unpaired) electrons. The Kier molecular flexibility index (Phi) is 10.9. The first kappa shape index (κ1) is 32.8. The molecule has 2 fully saturated rings. The van der Waals surface area contributed by atoms with E-state index in [2.05, 4.69) is 0 Å². The van der Waals surface area contributed by atoms with Gasteiger partial charge in [0.05, 0.1) is 18.9 Å². The number of hydrogen-bond donors (Lipinski definition) is 0. The quantitative estimate of drug-likeness (QED) is 0.266. The SMILES string of the molecule is COC(=O)C1=CO[C@@H](O[C@@H]2O[C@H](COC(C)=O)[C@@H](OC(C)=O)[C@H](OC(C)=O)[C@H]2OC(C)=O)[C@@H]2[C@H](C)[C@H](OC(C)=O)C[C@@H]12. The van der Waals surface area contributed by atoms with Crippen molar-refractivity contribution in [1.82, 2.24) is 0 Å². The Bertz CT molecular complexity index is 1100. The Hall–Kier alpha value is -3.72. The number of hydrogen-bond acceptors (Lipinski definition) is 15. The third kappa shape index (κ3) is 7.76. The molecule has 0 spiro atoms. The van der Waals surface area contributed by atoms with E-state index in [-0.39, 0.29) is 17.9 Å². The minimum absolute atomic E-state index is 0.213. The van der Waals surface area contributed by atoms with E-state index < -0.39 is 97.4 Å². The summed E-state index contributed by atoms with van der Waals surface area (Å²) in [5.41, 5.74) is 0.213. The molecule has 15 heteroatoms. The highest BCUT2D eigenvalue weighted by molar-refractivity contribution is 5.89. The lowest BCUT2D eigenvalue weighted by Crippen LogP contribution is -2.63. The average Bonchev–Trinajstić information content (AvgIpc) is 3.20. The molecule has 0 aromatic heterocycles. The van der Waals surface area contributed by atoms with Crippen LogP contribution in [0, 0.1) is 17.8 Å². The van der Waals surface area contributed by atoms with Gasteiger partial charge < -0.3 is 42.6 Å². The molecule has 1 saturated carbocycles. The first-order valence-electron chi connectivity index (χ1n) is 13.3. The summed E-state index contributed by atoms with van der Waals surface area (Å²) in [5, 5.41) is 0. The van der Waals surface area contributed by atoms with Crippen LogP contribution in [0.3, 0.4) is 0 Å². The van der Waals surface area contributed by atoms with Crippen LogP contribution >= 0.6 is 0 Å². The summed E-state index contributed by atoms with van der Waals surface area (Å²) in [7, 11) is 1.22. The maximum absolute atomic E-state index is 12.5. The van der Waals surface area contributed by atoms with E-state index in [0.29, 0.717) is 0 Å². The van der Waals surface area contributed by atoms with Crippen LogP contribution in [0.2, 0.25) is 0 Å². The zero-order valence-corrected chi connectivity index (χ0v) is 24.4. The summed E-state index contributed by atoms with van der Waals surface area (Å²) < 4.78 is 49.8. The highest BCUT2D eigenvalue weighted by atomic mass is 16.8. The Labute approximate surface area is 242 Å². The first-order chi connectivity index (χ1) is 19.7. The van der Waals surface area contributed by atoms with Gasteiger partial charge in [-0.15, -0.1) is 0 Å². The molecule has 234 valence electrons. The van der Waals surface area contributed by atoms with Gasteiger partial charge >= 0.3 is 35.8 Å². The predicted molar refractivity (Wildman–Crippen MR) is 134 cm³/mol. The number of methoxy groups -OCH3 is 1. The standard InChI is InChI=1S/C27H36O15/c1-11-19(37-13(3)29)8-17-18(25(33)34-7)9-36-26(21(11)17)42-27-24(40-16(6)32)23(39-15(5)31)22(38-14(4)30)20(41-27)10-35-12(2)28/h9,11,17,19-24,26-27H,8,10H2,1-7H3/t11-,17+,19-,20-,21-,22-,23+,24-,26+,27+/m1/s1. The van der Waals surface area contributed by atoms with E-state index >= 15 is 0 Å². The molecule has 10 atom stereocenters. The monoisotopic (exact) mass is 600 g/mol. The lowest BCUT2D eigenvalue weighted by molar-refractivity contribution is -0.345. The van der Waals surface area contributed by atoms with Crippen LogP contribution in [0.1, 0.15) is 48.0 Å². The van der Waals surface area contributed by atoms with Crippen LogP contribution in [0.4, 0.5) is 0 Å². The van der Waals surface area contributed by atoms with Gasteiger partial charge in [0.25, 0.3) is 0 Å². The van der Waals surface area contributed by atoms with E-state index in [0.717, 1.165) is 27.7 Å². The van der Waals surface area contributed by atoms with Gasteiger partial charge in [-0.05, 0) is 6.42 Å². The van der Waals surface area contributed by atoms with Crippen molar-refractivity contribution < 1.29 is 71.4 Å². The van der Waals surface area contributed by atoms with Crippen molar-refractivity contribution in [1.29, 1.82) is 0 Å². The van der Waals surface area contributed by atoms with Crippen LogP contribution < -0.4 is 0 Å². The minimum atomic E-state index is -1.51. The fourth-order valence-electron chi connectivity index (χ4n) is 5.57. The van der Waals surface area contributed by atoms with Crippen molar-refractivity contribution in [2.45, 2.75) is 91.1 Å². The third-order valence-corrected chi connectivity index (χ3v) is 7.14. The van der Waals surface area contributed by atoms with E-state index in [1.807, 2.05) is 0 Å². The molecule has 0 aromatic carbocycles. The summed E-state index contributed by atoms with van der Waals surface area (Å²) in [6.45, 7) is 7.11. The molecule has 3 rings (SSSR count). The zero-order valence-electron chi connectivity index (χ0n) is 24.4. The van der Waals surface area contributed by atoms with Crippen molar-refractivity contribution in [3.63, 3.8) is 0 Å². The van der Waals surface area contributed by atoms with Gasteiger partial charge in [0.15, 0.2) is 18.3 Å². The van der Waals surface area contributed by atoms with E-state index in [9.17, 15) is 28.8 Å². The smallest absolute Gasteiger partial charge is 0.337 e. The number of carbonyl (C=O) groups is 6. The number of esters is 6. The minimum Gasteiger partial charge on any atom is -0.472 e. The van der Waals surface area contributed by atoms with E-state index in [1.54, 1.807) is 6.92 Å². The third-order valence-electron chi connectivity index (χ3n) is 7.14. The van der Waals surface area contributed by atoms with Crippen molar-refractivity contribution in [3.05, 3.63) is 11.8 Å². The predicted octanol–water partition coefficient (Wildman–Crippen LogP) is 0.703. The molecular formula is C27H36O15. The lowest BCUT2D eigenvalue weighted by Gasteiger charge is -2.46. The Balaban J connectivity index is 2.01. The fourth-order valence-corrected chi connectivity index (χ4v) is 5.57. The van der Waals surface area contributed by atoms with Gasteiger partial charge in [0.1, 0.15) is 18.8 Å². The Morgan fingerprint density at radius 3 is 1.90 bits per heavy atom. The maximum Gasteiger partial charge on any atom is 0.337 e. The topological polar surface area (TPSA) is 185 Å². The molecule has 3 aliphatic rings. The number of fused-ring (bicyclic) bond motifs is 1. The van der Waals surface area contributed by atoms with Crippen LogP contribution in [0.5, 0.6) is 0 Å². The fraction of sp³-hybridized carbons (Fsp3) is 0.704. The van der Waals surface area contributed by atoms with Crippen LogP contribution in [-0.2, 0) is 71.4 Å². The van der Waals surface area contributed by atoms with Gasteiger partial charge in [-0.3, -0.25) is 24.0 Å². The molecule has 1 aliphatic carbocycles. The largest absolute Gasteiger partial charge is 0.472 e. The summed E-state index contributed by atoms with van der Waals surface area (Å²) in [5.74, 6) is -5.66. The van der Waals surface area contributed by atoms with Crippen LogP contribution in [0.25, 0.3) is 0 Å². The number of carbonyl (C=O) groups excluding carboxylic acids is 6. The summed E-state index contributed by atoms with van der Waals surface area (Å²) >= 11 is 0. The average molecular weight is 601 g/mol. The molecule has 42 heavy (non-hydrogen) atoms. The van der Waals surface area contributed by atoms with Gasteiger partial charge in [-0.1, -0.05) is 6.92 Å². The van der Waals surface area contributed by atoms with Crippen LogP contribution in [0.15, 0.2) is 11.8 Å². The number of ether oxygens (including phenoxy) is 9. The second-order valence-corrected chi connectivity index (χ2v) is 10.2. The highest BCUT2D eigenvalue weighted by Crippen LogP contribution is 2.49. The molecule has 0 N–H and O–H groups in total. The maximum atomic E-state index is 12.5. The van der Waals surface area contributed by atoms with Gasteiger partial charge in [0, 0.05) is 52.4 Å². The van der Waals surface area contributed by atoms with Crippen molar-refractivity contribution >= 4 is 35.8 Å². The molecule has 15 nitrogen and oxygen atoms in total. The van der Waals surface area contributed by atoms with E-state index in [4.69, 9.17) is 42.6 Å². The summed E-state index contributed by atoms with van der Waals surface area (Å²) in [6.07, 6.45) is -7.30. The lowest BCUT2D eigenvalue weighted by atomic mass is 9.83. The van der Waals surface area contributed by atoms with Crippen molar-refractivity contribution in [2.75, 3.05) is 13.7 Å². The summed E-state index contributed by atoms with van der Waals surface area (Å²) in [6, 6.07) is 0.